The lowest BCUT2D eigenvalue weighted by Gasteiger charge is -2.28. The highest BCUT2D eigenvalue weighted by molar-refractivity contribution is 5.70. The van der Waals surface area contributed by atoms with Crippen LogP contribution < -0.4 is 5.32 Å². The molecule has 0 spiro atoms. The summed E-state index contributed by atoms with van der Waals surface area (Å²) < 4.78 is 50.0. The first-order valence-corrected chi connectivity index (χ1v) is 9.24. The molecular weight excluding hydrogens is 385 g/mol. The number of aromatic nitrogens is 1. The molecule has 1 aromatic heterocycles. The van der Waals surface area contributed by atoms with Crippen molar-refractivity contribution in [2.75, 3.05) is 13.2 Å². The predicted molar refractivity (Wildman–Crippen MR) is 101 cm³/mol. The molecule has 0 saturated carbocycles. The smallest absolute Gasteiger partial charge is 0.433 e. The van der Waals surface area contributed by atoms with Gasteiger partial charge in [0.25, 0.3) is 0 Å². The lowest BCUT2D eigenvalue weighted by atomic mass is 9.87. The van der Waals surface area contributed by atoms with E-state index in [1.165, 1.54) is 0 Å². The zero-order valence-corrected chi connectivity index (χ0v) is 16.5. The van der Waals surface area contributed by atoms with Crippen molar-refractivity contribution in [2.24, 2.45) is 0 Å². The number of hydrogen-bond acceptors (Lipinski definition) is 4. The molecular formula is C21H23F3N2O3. The van der Waals surface area contributed by atoms with E-state index in [-0.39, 0.29) is 12.5 Å². The first-order valence-electron chi connectivity index (χ1n) is 9.24. The maximum Gasteiger partial charge on any atom is 0.433 e. The van der Waals surface area contributed by atoms with Crippen molar-refractivity contribution in [3.8, 4) is 11.1 Å². The molecule has 3 rings (SSSR count). The summed E-state index contributed by atoms with van der Waals surface area (Å²) in [6, 6.07) is 8.06. The predicted octanol–water partition coefficient (Wildman–Crippen LogP) is 4.91. The van der Waals surface area contributed by atoms with Gasteiger partial charge in [-0.3, -0.25) is 4.98 Å². The highest BCUT2D eigenvalue weighted by atomic mass is 19.4. The van der Waals surface area contributed by atoms with Gasteiger partial charge in [0, 0.05) is 18.7 Å². The van der Waals surface area contributed by atoms with E-state index in [4.69, 9.17) is 9.47 Å². The van der Waals surface area contributed by atoms with E-state index in [9.17, 15) is 18.0 Å². The molecule has 156 valence electrons. The van der Waals surface area contributed by atoms with Gasteiger partial charge in [0.1, 0.15) is 11.3 Å². The van der Waals surface area contributed by atoms with Gasteiger partial charge < -0.3 is 14.8 Å². The minimum atomic E-state index is -4.51. The third kappa shape index (κ3) is 5.26. The van der Waals surface area contributed by atoms with E-state index in [0.717, 1.165) is 23.4 Å². The van der Waals surface area contributed by atoms with Gasteiger partial charge >= 0.3 is 12.3 Å². The van der Waals surface area contributed by atoms with E-state index in [2.05, 4.69) is 10.3 Å². The number of alkyl halides is 3. The Balaban J connectivity index is 1.85. The normalized spacial score (nSPS) is 16.8. The van der Waals surface area contributed by atoms with Crippen LogP contribution in [-0.2, 0) is 22.3 Å². The Bertz CT molecular complexity index is 891. The number of benzene rings is 1. The molecule has 1 amide bonds. The van der Waals surface area contributed by atoms with Crippen LogP contribution in [-0.4, -0.2) is 29.8 Å². The van der Waals surface area contributed by atoms with Gasteiger partial charge in [-0.1, -0.05) is 18.2 Å². The number of hydrogen-bond donors (Lipinski definition) is 1. The summed E-state index contributed by atoms with van der Waals surface area (Å²) >= 11 is 0. The first-order chi connectivity index (χ1) is 13.5. The van der Waals surface area contributed by atoms with Crippen LogP contribution >= 0.6 is 0 Å². The van der Waals surface area contributed by atoms with Gasteiger partial charge in [-0.05, 0) is 55.2 Å². The Morgan fingerprint density at radius 3 is 2.72 bits per heavy atom. The molecule has 0 saturated heterocycles. The molecule has 1 unspecified atom stereocenters. The van der Waals surface area contributed by atoms with E-state index in [1.54, 1.807) is 39.0 Å². The second-order valence-corrected chi connectivity index (χ2v) is 7.90. The van der Waals surface area contributed by atoms with Crippen LogP contribution in [0, 0.1) is 0 Å². The van der Waals surface area contributed by atoms with Crippen molar-refractivity contribution in [3.05, 3.63) is 53.3 Å². The van der Waals surface area contributed by atoms with Gasteiger partial charge in [-0.25, -0.2) is 4.79 Å². The fraction of sp³-hybridized carbons (Fsp3) is 0.429. The molecule has 2 aromatic rings. The lowest BCUT2D eigenvalue weighted by Crippen LogP contribution is -2.36. The third-order valence-corrected chi connectivity index (χ3v) is 4.47. The van der Waals surface area contributed by atoms with Gasteiger partial charge in [0.05, 0.1) is 13.2 Å². The number of alkyl carbamates (subject to hydrolysis) is 1. The number of carbonyl (C=O) groups excluding carboxylic acids is 1. The molecule has 1 atom stereocenters. The molecule has 1 N–H and O–H groups in total. The number of fused-ring (bicyclic) bond motifs is 1. The van der Waals surface area contributed by atoms with Gasteiger partial charge in [-0.2, -0.15) is 13.2 Å². The number of nitrogens with zero attached hydrogens (tertiary/aromatic N) is 1. The average Bonchev–Trinajstić information content (AvgIpc) is 2.64. The van der Waals surface area contributed by atoms with Crippen LogP contribution in [0.4, 0.5) is 18.0 Å². The fourth-order valence-electron chi connectivity index (χ4n) is 3.25. The Hall–Kier alpha value is -2.61. The topological polar surface area (TPSA) is 60.5 Å². The number of halogens is 3. The minimum Gasteiger partial charge on any atom is -0.444 e. The maximum atomic E-state index is 13.0. The molecule has 0 fully saturated rings. The number of carbonyl (C=O) groups is 1. The molecule has 5 nitrogen and oxygen atoms in total. The van der Waals surface area contributed by atoms with Crippen molar-refractivity contribution in [2.45, 2.75) is 45.1 Å². The summed E-state index contributed by atoms with van der Waals surface area (Å²) in [5.74, 6) is -0.129. The molecule has 1 aromatic carbocycles. The van der Waals surface area contributed by atoms with E-state index in [0.29, 0.717) is 24.3 Å². The number of amides is 1. The van der Waals surface area contributed by atoms with E-state index >= 15 is 0 Å². The van der Waals surface area contributed by atoms with Crippen molar-refractivity contribution in [1.29, 1.82) is 0 Å². The van der Waals surface area contributed by atoms with Gasteiger partial charge in [0.15, 0.2) is 0 Å². The largest absolute Gasteiger partial charge is 0.444 e. The Morgan fingerprint density at radius 1 is 1.28 bits per heavy atom. The number of pyridine rings is 1. The summed E-state index contributed by atoms with van der Waals surface area (Å²) in [6.07, 6.45) is -3.88. The van der Waals surface area contributed by atoms with Crippen molar-refractivity contribution < 1.29 is 27.4 Å². The number of rotatable bonds is 3. The van der Waals surface area contributed by atoms with Crippen molar-refractivity contribution >= 4 is 6.09 Å². The molecule has 0 aliphatic carbocycles. The van der Waals surface area contributed by atoms with Crippen LogP contribution in [0.25, 0.3) is 11.1 Å². The fourth-order valence-corrected chi connectivity index (χ4v) is 3.25. The van der Waals surface area contributed by atoms with Crippen LogP contribution in [0.3, 0.4) is 0 Å². The van der Waals surface area contributed by atoms with Crippen LogP contribution in [0.15, 0.2) is 36.5 Å². The molecule has 0 radical (unpaired) electrons. The highest BCUT2D eigenvalue weighted by Gasteiger charge is 2.33. The Morgan fingerprint density at radius 2 is 2.03 bits per heavy atom. The van der Waals surface area contributed by atoms with Crippen LogP contribution in [0.1, 0.15) is 43.5 Å². The highest BCUT2D eigenvalue weighted by Crippen LogP contribution is 2.36. The summed E-state index contributed by atoms with van der Waals surface area (Å²) in [6.45, 7) is 6.33. The zero-order chi connectivity index (χ0) is 21.2. The summed E-state index contributed by atoms with van der Waals surface area (Å²) in [5.41, 5.74) is 1.30. The number of ether oxygens (including phenoxy) is 2. The lowest BCUT2D eigenvalue weighted by molar-refractivity contribution is -0.141. The quantitative estimate of drug-likeness (QED) is 0.784. The standard InChI is InChI=1S/C21H23F3N2O3/c1-20(2,3)29-19(27)26-10-14-11-28-12-17-15(5-4-6-16(14)17)13-7-8-25-18(9-13)21(22,23)24/h4-9,14H,10-12H2,1-3H3,(H,26,27). The van der Waals surface area contributed by atoms with E-state index < -0.39 is 23.6 Å². The van der Waals surface area contributed by atoms with E-state index in [1.807, 2.05) is 6.07 Å². The van der Waals surface area contributed by atoms with Crippen LogP contribution in [0.2, 0.25) is 0 Å². The third-order valence-electron chi connectivity index (χ3n) is 4.47. The molecule has 2 heterocycles. The maximum absolute atomic E-state index is 13.0. The summed E-state index contributed by atoms with van der Waals surface area (Å²) in [7, 11) is 0. The van der Waals surface area contributed by atoms with Gasteiger partial charge in [-0.15, -0.1) is 0 Å². The molecule has 1 aliphatic rings. The first kappa shape index (κ1) is 21.1. The van der Waals surface area contributed by atoms with Gasteiger partial charge in [0.2, 0.25) is 0 Å². The molecule has 8 heteroatoms. The molecule has 1 aliphatic heterocycles. The SMILES string of the molecule is CC(C)(C)OC(=O)NCC1COCc2c(-c3ccnc(C(F)(F)F)c3)cccc21. The molecule has 29 heavy (non-hydrogen) atoms. The van der Waals surface area contributed by atoms with Crippen LogP contribution in [0.5, 0.6) is 0 Å². The van der Waals surface area contributed by atoms with Crippen molar-refractivity contribution in [1.82, 2.24) is 10.3 Å². The molecule has 0 bridgehead atoms. The summed E-state index contributed by atoms with van der Waals surface area (Å²) in [4.78, 5) is 15.4. The second kappa shape index (κ2) is 8.02. The average molecular weight is 408 g/mol. The monoisotopic (exact) mass is 408 g/mol. The zero-order valence-electron chi connectivity index (χ0n) is 16.5. The number of nitrogens with one attached hydrogen (secondary N) is 1. The minimum absolute atomic E-state index is 0.129. The second-order valence-electron chi connectivity index (χ2n) is 7.90. The van der Waals surface area contributed by atoms with Crippen molar-refractivity contribution in [3.63, 3.8) is 0 Å². The Labute approximate surface area is 167 Å². The Kier molecular flexibility index (Phi) is 5.84. The summed E-state index contributed by atoms with van der Waals surface area (Å²) in [5, 5.41) is 2.74.